The van der Waals surface area contributed by atoms with Crippen LogP contribution in [0.5, 0.6) is 0 Å². The van der Waals surface area contributed by atoms with Gasteiger partial charge in [0.05, 0.1) is 12.7 Å². The number of anilines is 8. The van der Waals surface area contributed by atoms with Gasteiger partial charge in [-0.15, -0.1) is 0 Å². The van der Waals surface area contributed by atoms with E-state index in [1.54, 1.807) is 0 Å². The maximum Gasteiger partial charge on any atom is 0.232 e. The molecule has 2 aliphatic heterocycles. The number of nitrogens with one attached hydrogen (secondary N) is 4. The summed E-state index contributed by atoms with van der Waals surface area (Å²) in [6.45, 7) is 7.67. The summed E-state index contributed by atoms with van der Waals surface area (Å²) in [7, 11) is 0. The third-order valence-corrected chi connectivity index (χ3v) is 12.1. The lowest BCUT2D eigenvalue weighted by Crippen LogP contribution is -2.38. The van der Waals surface area contributed by atoms with Crippen LogP contribution in [0.2, 0.25) is 0 Å². The SMILES string of the molecule is Cc1c(NC(=O)CCC(=O)Nc2cccc(Nc3ncnc(N4CCC(c5ccccc5)CC4)n3)c2C)cccc1Nc1ncnc(N2CCC(OCc3ccc(Br)cc3)CC2)n1. The van der Waals surface area contributed by atoms with Crippen LogP contribution in [-0.4, -0.2) is 74.0 Å². The Hall–Kier alpha value is -6.52. The van der Waals surface area contributed by atoms with E-state index in [4.69, 9.17) is 14.7 Å². The quantitative estimate of drug-likeness (QED) is 0.0770. The van der Waals surface area contributed by atoms with E-state index in [1.807, 2.05) is 62.4 Å². The first-order valence-corrected chi connectivity index (χ1v) is 22.2. The Morgan fingerprint density at radius 2 is 1.11 bits per heavy atom. The van der Waals surface area contributed by atoms with Crippen molar-refractivity contribution in [2.45, 2.75) is 71.0 Å². The molecule has 4 N–H and O–H groups in total. The van der Waals surface area contributed by atoms with Crippen LogP contribution in [0.15, 0.2) is 108 Å². The van der Waals surface area contributed by atoms with Crippen molar-refractivity contribution in [2.75, 3.05) is 57.2 Å². The molecule has 2 aromatic heterocycles. The Kier molecular flexibility index (Phi) is 14.1. The fourth-order valence-corrected chi connectivity index (χ4v) is 8.13. The molecule has 2 aliphatic rings. The average molecular weight is 912 g/mol. The molecule has 0 bridgehead atoms. The summed E-state index contributed by atoms with van der Waals surface area (Å²) in [5.41, 5.74) is 6.89. The average Bonchev–Trinajstić information content (AvgIpc) is 3.31. The van der Waals surface area contributed by atoms with Gasteiger partial charge in [-0.3, -0.25) is 9.59 Å². The lowest BCUT2D eigenvalue weighted by molar-refractivity contribution is -0.121. The molecule has 4 aromatic carbocycles. The van der Waals surface area contributed by atoms with E-state index >= 15 is 0 Å². The third kappa shape index (κ3) is 11.5. The Balaban J connectivity index is 0.794. The van der Waals surface area contributed by atoms with Crippen molar-refractivity contribution in [3.63, 3.8) is 0 Å². The number of ether oxygens (including phenoxy) is 1. The molecular formula is C47H51BrN12O3. The molecule has 0 radical (unpaired) electrons. The Morgan fingerprint density at radius 3 is 1.63 bits per heavy atom. The molecule has 4 heterocycles. The van der Waals surface area contributed by atoms with Crippen LogP contribution < -0.4 is 31.1 Å². The minimum Gasteiger partial charge on any atom is -0.373 e. The summed E-state index contributed by atoms with van der Waals surface area (Å²) >= 11 is 3.48. The lowest BCUT2D eigenvalue weighted by atomic mass is 9.90. The van der Waals surface area contributed by atoms with E-state index in [2.05, 4.69) is 109 Å². The lowest BCUT2D eigenvalue weighted by Gasteiger charge is -2.32. The number of benzene rings is 4. The second kappa shape index (κ2) is 20.6. The Morgan fingerprint density at radius 1 is 0.619 bits per heavy atom. The smallest absolute Gasteiger partial charge is 0.232 e. The number of aromatic nitrogens is 6. The van der Waals surface area contributed by atoms with Crippen molar-refractivity contribution in [3.05, 3.63) is 130 Å². The first-order chi connectivity index (χ1) is 30.7. The third-order valence-electron chi connectivity index (χ3n) is 11.6. The molecule has 0 saturated carbocycles. The number of hydrogen-bond acceptors (Lipinski definition) is 13. The largest absolute Gasteiger partial charge is 0.373 e. The number of carbonyl (C=O) groups is 2. The standard InChI is InChI=1S/C47H51BrN12O3/c1-31-38(10-6-12-40(31)55-44-49-29-51-46(57-44)59-24-20-35(21-25-59)34-8-4-3-5-9-34)53-42(61)18-19-43(62)54-39-11-7-13-41(32(39)2)56-45-50-30-52-47(58-45)60-26-22-37(23-27-60)63-28-33-14-16-36(48)17-15-33/h3-17,29-30,35,37H,18-28H2,1-2H3,(H,53,61)(H,54,62)(H,49,51,55,57)(H,50,52,56,58). The normalized spacial score (nSPS) is 14.6. The van der Waals surface area contributed by atoms with E-state index in [0.29, 0.717) is 47.7 Å². The van der Waals surface area contributed by atoms with Gasteiger partial charge in [0.2, 0.25) is 35.6 Å². The molecule has 0 unspecified atom stereocenters. The van der Waals surface area contributed by atoms with Crippen LogP contribution in [0.4, 0.5) is 46.5 Å². The molecule has 2 amide bonds. The van der Waals surface area contributed by atoms with Gasteiger partial charge in [0.1, 0.15) is 12.7 Å². The molecule has 324 valence electrons. The first-order valence-electron chi connectivity index (χ1n) is 21.4. The van der Waals surface area contributed by atoms with E-state index < -0.39 is 0 Å². The number of carbonyl (C=O) groups excluding carboxylic acids is 2. The second-order valence-corrected chi connectivity index (χ2v) is 16.7. The van der Waals surface area contributed by atoms with E-state index in [9.17, 15) is 9.59 Å². The van der Waals surface area contributed by atoms with Crippen LogP contribution in [0.25, 0.3) is 0 Å². The molecule has 0 aliphatic carbocycles. The minimum atomic E-state index is -0.279. The molecule has 6 aromatic rings. The number of halogens is 1. The summed E-state index contributed by atoms with van der Waals surface area (Å²) in [5, 5.41) is 12.5. The maximum absolute atomic E-state index is 13.1. The van der Waals surface area contributed by atoms with E-state index in [0.717, 1.165) is 84.4 Å². The zero-order chi connectivity index (χ0) is 43.5. The molecule has 63 heavy (non-hydrogen) atoms. The Labute approximate surface area is 375 Å². The Bertz CT molecular complexity index is 2500. The van der Waals surface area contributed by atoms with Gasteiger partial charge in [0, 0.05) is 66.2 Å². The maximum atomic E-state index is 13.1. The highest BCUT2D eigenvalue weighted by atomic mass is 79.9. The van der Waals surface area contributed by atoms with Crippen LogP contribution in [0.3, 0.4) is 0 Å². The molecule has 0 spiro atoms. The van der Waals surface area contributed by atoms with Gasteiger partial charge in [-0.1, -0.05) is 70.5 Å². The van der Waals surface area contributed by atoms with Crippen LogP contribution in [0.1, 0.15) is 66.7 Å². The fraction of sp³-hybridized carbons (Fsp3) is 0.319. The summed E-state index contributed by atoms with van der Waals surface area (Å²) in [4.78, 5) is 57.6. The predicted molar refractivity (Wildman–Crippen MR) is 250 cm³/mol. The highest BCUT2D eigenvalue weighted by Gasteiger charge is 2.24. The van der Waals surface area contributed by atoms with Gasteiger partial charge in [0.15, 0.2) is 0 Å². The number of amides is 2. The molecule has 16 heteroatoms. The zero-order valence-corrected chi connectivity index (χ0v) is 37.0. The first kappa shape index (κ1) is 43.1. The highest BCUT2D eigenvalue weighted by molar-refractivity contribution is 9.10. The monoisotopic (exact) mass is 910 g/mol. The van der Waals surface area contributed by atoms with Gasteiger partial charge < -0.3 is 35.8 Å². The molecule has 2 fully saturated rings. The number of piperidine rings is 2. The van der Waals surface area contributed by atoms with Crippen molar-refractivity contribution in [1.82, 2.24) is 29.9 Å². The van der Waals surface area contributed by atoms with Gasteiger partial charge in [-0.05, 0) is 104 Å². The summed E-state index contributed by atoms with van der Waals surface area (Å²) in [6, 6.07) is 30.0. The van der Waals surface area contributed by atoms with Crippen molar-refractivity contribution in [1.29, 1.82) is 0 Å². The number of rotatable bonds is 15. The predicted octanol–water partition coefficient (Wildman–Crippen LogP) is 8.85. The van der Waals surface area contributed by atoms with Gasteiger partial charge in [0.25, 0.3) is 0 Å². The van der Waals surface area contributed by atoms with Crippen LogP contribution >= 0.6 is 15.9 Å². The topological polar surface area (TPSA) is 175 Å². The van der Waals surface area contributed by atoms with Crippen molar-refractivity contribution < 1.29 is 14.3 Å². The van der Waals surface area contributed by atoms with E-state index in [1.165, 1.54) is 18.2 Å². The van der Waals surface area contributed by atoms with Crippen LogP contribution in [0, 0.1) is 13.8 Å². The van der Waals surface area contributed by atoms with Crippen molar-refractivity contribution >= 4 is 74.3 Å². The molecule has 15 nitrogen and oxygen atoms in total. The second-order valence-electron chi connectivity index (χ2n) is 15.8. The van der Waals surface area contributed by atoms with Gasteiger partial charge >= 0.3 is 0 Å². The zero-order valence-electron chi connectivity index (χ0n) is 35.4. The summed E-state index contributed by atoms with van der Waals surface area (Å²) in [5.74, 6) is 2.03. The van der Waals surface area contributed by atoms with E-state index in [-0.39, 0.29) is 30.8 Å². The van der Waals surface area contributed by atoms with Crippen LogP contribution in [-0.2, 0) is 20.9 Å². The van der Waals surface area contributed by atoms with Crippen molar-refractivity contribution in [3.8, 4) is 0 Å². The molecular weight excluding hydrogens is 861 g/mol. The molecule has 8 rings (SSSR count). The fourth-order valence-electron chi connectivity index (χ4n) is 7.86. The van der Waals surface area contributed by atoms with Crippen molar-refractivity contribution in [2.24, 2.45) is 0 Å². The highest BCUT2D eigenvalue weighted by Crippen LogP contribution is 2.31. The van der Waals surface area contributed by atoms with Gasteiger partial charge in [-0.25, -0.2) is 19.9 Å². The summed E-state index contributed by atoms with van der Waals surface area (Å²) in [6.07, 6.45) is 7.00. The summed E-state index contributed by atoms with van der Waals surface area (Å²) < 4.78 is 7.24. The molecule has 0 atom stereocenters. The van der Waals surface area contributed by atoms with Gasteiger partial charge in [-0.2, -0.15) is 9.97 Å². The number of hydrogen-bond donors (Lipinski definition) is 4. The molecule has 2 saturated heterocycles. The number of nitrogens with zero attached hydrogens (tertiary/aromatic N) is 8. The minimum absolute atomic E-state index is 0.000102.